The Balaban J connectivity index is 1.93. The molecule has 0 spiro atoms. The molecule has 0 aliphatic heterocycles. The standard InChI is InChI=1S/C13H17N3O2/c17-9-5-1-4-8-14-13(18)12-10-6-2-3-7-11(10)15-16-12/h2-3,6-7,17H,1,4-5,8-9H2,(H,14,18)(H,15,16). The van der Waals surface area contributed by atoms with Crippen molar-refractivity contribution in [2.45, 2.75) is 19.3 Å². The van der Waals surface area contributed by atoms with Crippen LogP contribution >= 0.6 is 0 Å². The maximum absolute atomic E-state index is 11.9. The Labute approximate surface area is 105 Å². The molecule has 0 fully saturated rings. The van der Waals surface area contributed by atoms with Crippen LogP contribution in [-0.2, 0) is 0 Å². The van der Waals surface area contributed by atoms with Crippen LogP contribution in [0.2, 0.25) is 0 Å². The monoisotopic (exact) mass is 247 g/mol. The summed E-state index contributed by atoms with van der Waals surface area (Å²) in [4.78, 5) is 11.9. The van der Waals surface area contributed by atoms with Crippen molar-refractivity contribution in [2.24, 2.45) is 0 Å². The van der Waals surface area contributed by atoms with E-state index in [4.69, 9.17) is 5.11 Å². The molecule has 0 bridgehead atoms. The fourth-order valence-electron chi connectivity index (χ4n) is 1.84. The van der Waals surface area contributed by atoms with Crippen molar-refractivity contribution in [1.29, 1.82) is 0 Å². The van der Waals surface area contributed by atoms with Crippen molar-refractivity contribution in [1.82, 2.24) is 15.5 Å². The van der Waals surface area contributed by atoms with Gasteiger partial charge in [0.05, 0.1) is 5.52 Å². The molecular formula is C13H17N3O2. The molecule has 0 saturated carbocycles. The summed E-state index contributed by atoms with van der Waals surface area (Å²) < 4.78 is 0. The number of hydrogen-bond donors (Lipinski definition) is 3. The van der Waals surface area contributed by atoms with Gasteiger partial charge >= 0.3 is 0 Å². The number of amides is 1. The Kier molecular flexibility index (Phi) is 4.30. The number of hydrogen-bond acceptors (Lipinski definition) is 3. The van der Waals surface area contributed by atoms with Crippen LogP contribution in [0.5, 0.6) is 0 Å². The van der Waals surface area contributed by atoms with Gasteiger partial charge in [-0.05, 0) is 25.3 Å². The van der Waals surface area contributed by atoms with Crippen molar-refractivity contribution in [3.8, 4) is 0 Å². The molecule has 18 heavy (non-hydrogen) atoms. The summed E-state index contributed by atoms with van der Waals surface area (Å²) in [7, 11) is 0. The molecule has 0 aliphatic rings. The number of carbonyl (C=O) groups excluding carboxylic acids is 1. The molecule has 1 aromatic heterocycles. The number of unbranched alkanes of at least 4 members (excludes halogenated alkanes) is 2. The second-order valence-corrected chi connectivity index (χ2v) is 4.16. The zero-order chi connectivity index (χ0) is 12.8. The second-order valence-electron chi connectivity index (χ2n) is 4.16. The first kappa shape index (κ1) is 12.6. The van der Waals surface area contributed by atoms with Gasteiger partial charge in [0.2, 0.25) is 0 Å². The maximum atomic E-state index is 11.9. The lowest BCUT2D eigenvalue weighted by Crippen LogP contribution is -2.25. The van der Waals surface area contributed by atoms with E-state index in [0.29, 0.717) is 12.2 Å². The Morgan fingerprint density at radius 1 is 1.28 bits per heavy atom. The number of para-hydroxylation sites is 1. The predicted molar refractivity (Wildman–Crippen MR) is 69.4 cm³/mol. The molecule has 2 aromatic rings. The largest absolute Gasteiger partial charge is 0.396 e. The molecule has 0 unspecified atom stereocenters. The summed E-state index contributed by atoms with van der Waals surface area (Å²) in [5.41, 5.74) is 1.30. The quantitative estimate of drug-likeness (QED) is 0.676. The first-order valence-electron chi connectivity index (χ1n) is 6.15. The van der Waals surface area contributed by atoms with Crippen LogP contribution in [0.1, 0.15) is 29.8 Å². The molecule has 0 aliphatic carbocycles. The number of fused-ring (bicyclic) bond motifs is 1. The molecule has 5 nitrogen and oxygen atoms in total. The summed E-state index contributed by atoms with van der Waals surface area (Å²) in [6, 6.07) is 7.55. The Hall–Kier alpha value is -1.88. The zero-order valence-electron chi connectivity index (χ0n) is 10.1. The predicted octanol–water partition coefficient (Wildman–Crippen LogP) is 1.46. The van der Waals surface area contributed by atoms with Gasteiger partial charge in [-0.2, -0.15) is 5.10 Å². The molecule has 0 radical (unpaired) electrons. The summed E-state index contributed by atoms with van der Waals surface area (Å²) in [5.74, 6) is -0.156. The van der Waals surface area contributed by atoms with Gasteiger partial charge in [0, 0.05) is 18.5 Å². The first-order chi connectivity index (χ1) is 8.83. The molecule has 2 rings (SSSR count). The topological polar surface area (TPSA) is 78.0 Å². The van der Waals surface area contributed by atoms with Crippen LogP contribution in [0.15, 0.2) is 24.3 Å². The smallest absolute Gasteiger partial charge is 0.272 e. The number of H-pyrrole nitrogens is 1. The molecule has 3 N–H and O–H groups in total. The third kappa shape index (κ3) is 2.87. The van der Waals surface area contributed by atoms with Gasteiger partial charge in [-0.25, -0.2) is 0 Å². The number of rotatable bonds is 6. The van der Waals surface area contributed by atoms with E-state index in [1.54, 1.807) is 0 Å². The number of carbonyl (C=O) groups is 1. The van der Waals surface area contributed by atoms with Crippen LogP contribution in [0.25, 0.3) is 10.9 Å². The highest BCUT2D eigenvalue weighted by molar-refractivity contribution is 6.04. The normalized spacial score (nSPS) is 10.7. The Morgan fingerprint density at radius 2 is 2.11 bits per heavy atom. The fraction of sp³-hybridized carbons (Fsp3) is 0.385. The van der Waals surface area contributed by atoms with Crippen molar-refractivity contribution in [2.75, 3.05) is 13.2 Å². The Morgan fingerprint density at radius 3 is 2.94 bits per heavy atom. The lowest BCUT2D eigenvalue weighted by Gasteiger charge is -2.02. The average Bonchev–Trinajstić information content (AvgIpc) is 2.82. The molecule has 0 saturated heterocycles. The fourth-order valence-corrected chi connectivity index (χ4v) is 1.84. The van der Waals surface area contributed by atoms with Crippen molar-refractivity contribution >= 4 is 16.8 Å². The number of aliphatic hydroxyl groups excluding tert-OH is 1. The number of aliphatic hydroxyl groups is 1. The summed E-state index contributed by atoms with van der Waals surface area (Å²) in [5, 5.41) is 19.2. The summed E-state index contributed by atoms with van der Waals surface area (Å²) >= 11 is 0. The third-order valence-corrected chi connectivity index (χ3v) is 2.81. The lowest BCUT2D eigenvalue weighted by molar-refractivity contribution is 0.0949. The highest BCUT2D eigenvalue weighted by atomic mass is 16.2. The van der Waals surface area contributed by atoms with E-state index < -0.39 is 0 Å². The van der Waals surface area contributed by atoms with Gasteiger partial charge < -0.3 is 10.4 Å². The number of nitrogens with one attached hydrogen (secondary N) is 2. The maximum Gasteiger partial charge on any atom is 0.272 e. The van der Waals surface area contributed by atoms with E-state index in [-0.39, 0.29) is 12.5 Å². The van der Waals surface area contributed by atoms with Crippen molar-refractivity contribution in [3.63, 3.8) is 0 Å². The van der Waals surface area contributed by atoms with E-state index in [1.807, 2.05) is 24.3 Å². The van der Waals surface area contributed by atoms with Gasteiger partial charge in [-0.15, -0.1) is 0 Å². The zero-order valence-corrected chi connectivity index (χ0v) is 10.1. The number of aromatic nitrogens is 2. The van der Waals surface area contributed by atoms with Gasteiger partial charge in [0.15, 0.2) is 5.69 Å². The molecule has 0 atom stereocenters. The number of benzene rings is 1. The van der Waals surface area contributed by atoms with Gasteiger partial charge in [0.1, 0.15) is 0 Å². The molecule has 1 aromatic carbocycles. The number of aromatic amines is 1. The van der Waals surface area contributed by atoms with Crippen LogP contribution < -0.4 is 5.32 Å². The highest BCUT2D eigenvalue weighted by Gasteiger charge is 2.12. The van der Waals surface area contributed by atoms with Crippen LogP contribution in [0.4, 0.5) is 0 Å². The molecule has 1 heterocycles. The highest BCUT2D eigenvalue weighted by Crippen LogP contribution is 2.14. The SMILES string of the molecule is O=C(NCCCCCO)c1n[nH]c2ccccc12. The molecular weight excluding hydrogens is 230 g/mol. The lowest BCUT2D eigenvalue weighted by atomic mass is 10.2. The molecule has 1 amide bonds. The first-order valence-corrected chi connectivity index (χ1v) is 6.15. The minimum atomic E-state index is -0.156. The molecule has 5 heteroatoms. The summed E-state index contributed by atoms with van der Waals surface area (Å²) in [6.07, 6.45) is 2.56. The minimum absolute atomic E-state index is 0.156. The van der Waals surface area contributed by atoms with Crippen molar-refractivity contribution in [3.05, 3.63) is 30.0 Å². The molecule has 96 valence electrons. The van der Waals surface area contributed by atoms with Crippen molar-refractivity contribution < 1.29 is 9.90 Å². The average molecular weight is 247 g/mol. The van der Waals surface area contributed by atoms with Gasteiger partial charge in [-0.1, -0.05) is 18.2 Å². The second kappa shape index (κ2) is 6.16. The van der Waals surface area contributed by atoms with E-state index >= 15 is 0 Å². The van der Waals surface area contributed by atoms with E-state index in [0.717, 1.165) is 30.2 Å². The van der Waals surface area contributed by atoms with E-state index in [2.05, 4.69) is 15.5 Å². The van der Waals surface area contributed by atoms with Crippen LogP contribution in [0.3, 0.4) is 0 Å². The summed E-state index contributed by atoms with van der Waals surface area (Å²) in [6.45, 7) is 0.817. The van der Waals surface area contributed by atoms with Gasteiger partial charge in [0.25, 0.3) is 5.91 Å². The minimum Gasteiger partial charge on any atom is -0.396 e. The van der Waals surface area contributed by atoms with E-state index in [1.165, 1.54) is 0 Å². The third-order valence-electron chi connectivity index (χ3n) is 2.81. The van der Waals surface area contributed by atoms with Crippen LogP contribution in [0, 0.1) is 0 Å². The number of nitrogens with zero attached hydrogens (tertiary/aromatic N) is 1. The van der Waals surface area contributed by atoms with E-state index in [9.17, 15) is 4.79 Å². The van der Waals surface area contributed by atoms with Crippen LogP contribution in [-0.4, -0.2) is 34.4 Å². The van der Waals surface area contributed by atoms with Gasteiger partial charge in [-0.3, -0.25) is 9.89 Å². The Bertz CT molecular complexity index is 522.